The molecule has 0 amide bonds. The van der Waals surface area contributed by atoms with Crippen molar-refractivity contribution in [3.8, 4) is 0 Å². The third-order valence-corrected chi connectivity index (χ3v) is 2.40. The largest absolute Gasteiger partial charge is 0.355 e. The normalized spacial score (nSPS) is 11.4. The van der Waals surface area contributed by atoms with Crippen molar-refractivity contribution >= 4 is 11.6 Å². The Morgan fingerprint density at radius 1 is 0.938 bits per heavy atom. The summed E-state index contributed by atoms with van der Waals surface area (Å²) in [7, 11) is 0. The molecular weight excluding hydrogens is 224 g/mol. The van der Waals surface area contributed by atoms with Crippen LogP contribution in [-0.4, -0.2) is 25.9 Å². The summed E-state index contributed by atoms with van der Waals surface area (Å²) < 4.78 is 10.7. The van der Waals surface area contributed by atoms with Crippen LogP contribution in [-0.2, 0) is 9.47 Å². The Morgan fingerprint density at radius 3 is 2.44 bits per heavy atom. The Morgan fingerprint density at radius 2 is 1.69 bits per heavy atom. The predicted molar refractivity (Wildman–Crippen MR) is 70.0 cm³/mol. The fraction of sp³-hybridized carbons (Fsp3) is 0.846. The van der Waals surface area contributed by atoms with Gasteiger partial charge >= 0.3 is 0 Å². The van der Waals surface area contributed by atoms with Gasteiger partial charge in [-0.05, 0) is 19.3 Å². The fourth-order valence-electron chi connectivity index (χ4n) is 1.26. The molecule has 0 rings (SSSR count). The van der Waals surface area contributed by atoms with Gasteiger partial charge in [-0.15, -0.1) is 11.6 Å². The lowest BCUT2D eigenvalue weighted by Gasteiger charge is -2.04. The Bertz CT molecular complexity index is 149. The summed E-state index contributed by atoms with van der Waals surface area (Å²) in [5, 5.41) is 0. The first-order valence-corrected chi connectivity index (χ1v) is 6.81. The van der Waals surface area contributed by atoms with E-state index in [2.05, 4.69) is 19.1 Å². The monoisotopic (exact) mass is 248 g/mol. The molecule has 0 N–H and O–H groups in total. The number of halogens is 1. The highest BCUT2D eigenvalue weighted by Crippen LogP contribution is 1.98. The van der Waals surface area contributed by atoms with E-state index in [0.29, 0.717) is 12.7 Å². The third-order valence-electron chi connectivity index (χ3n) is 2.18. The fourth-order valence-corrected chi connectivity index (χ4v) is 1.38. The molecular formula is C13H25ClO2. The summed E-state index contributed by atoms with van der Waals surface area (Å²) in [4.78, 5) is 0. The summed E-state index contributed by atoms with van der Waals surface area (Å²) >= 11 is 5.53. The molecule has 2 nitrogen and oxygen atoms in total. The summed E-state index contributed by atoms with van der Waals surface area (Å²) in [6.45, 7) is 4.19. The van der Waals surface area contributed by atoms with E-state index >= 15 is 0 Å². The van der Waals surface area contributed by atoms with Crippen molar-refractivity contribution in [2.75, 3.05) is 25.9 Å². The maximum absolute atomic E-state index is 5.53. The number of rotatable bonds is 12. The second kappa shape index (κ2) is 14.9. The summed E-state index contributed by atoms with van der Waals surface area (Å²) in [5.41, 5.74) is 0. The average Bonchev–Trinajstić information content (AvgIpc) is 2.31. The number of alkyl halides is 1. The minimum atomic E-state index is 0.426. The van der Waals surface area contributed by atoms with Crippen LogP contribution < -0.4 is 0 Å². The molecule has 0 aliphatic carbocycles. The molecule has 0 spiro atoms. The molecule has 0 fully saturated rings. The molecule has 0 radical (unpaired) electrons. The Labute approximate surface area is 105 Å². The van der Waals surface area contributed by atoms with E-state index < -0.39 is 0 Å². The van der Waals surface area contributed by atoms with E-state index in [4.69, 9.17) is 21.1 Å². The third kappa shape index (κ3) is 13.9. The summed E-state index contributed by atoms with van der Waals surface area (Å²) in [6.07, 6.45) is 11.0. The summed E-state index contributed by atoms with van der Waals surface area (Å²) in [6, 6.07) is 0. The second-order valence-corrected chi connectivity index (χ2v) is 4.11. The van der Waals surface area contributed by atoms with Gasteiger partial charge in [0.2, 0.25) is 0 Å². The standard InChI is InChI=1S/C13H25ClO2/c1-2-3-4-8-11-15-13-16-12-9-6-5-7-10-14/h5-6H,2-4,7-13H2,1H3. The van der Waals surface area contributed by atoms with Crippen molar-refractivity contribution in [2.24, 2.45) is 0 Å². The van der Waals surface area contributed by atoms with Gasteiger partial charge in [-0.25, -0.2) is 0 Å². The molecule has 96 valence electrons. The Balaban J connectivity index is 2.93. The molecule has 0 aromatic rings. The smallest absolute Gasteiger partial charge is 0.146 e. The quantitative estimate of drug-likeness (QED) is 0.224. The first kappa shape index (κ1) is 16.0. The van der Waals surface area contributed by atoms with Crippen LogP contribution in [0.5, 0.6) is 0 Å². The minimum Gasteiger partial charge on any atom is -0.355 e. The van der Waals surface area contributed by atoms with E-state index in [-0.39, 0.29) is 0 Å². The molecule has 0 aromatic carbocycles. The van der Waals surface area contributed by atoms with E-state index in [1.165, 1.54) is 19.3 Å². The lowest BCUT2D eigenvalue weighted by molar-refractivity contribution is -0.0531. The van der Waals surface area contributed by atoms with Crippen molar-refractivity contribution in [1.29, 1.82) is 0 Å². The van der Waals surface area contributed by atoms with Crippen LogP contribution in [0.15, 0.2) is 12.2 Å². The number of hydrogen-bond donors (Lipinski definition) is 0. The zero-order chi connectivity index (χ0) is 11.9. The van der Waals surface area contributed by atoms with Gasteiger partial charge < -0.3 is 9.47 Å². The lowest BCUT2D eigenvalue weighted by Crippen LogP contribution is -2.02. The highest BCUT2D eigenvalue weighted by Gasteiger charge is 1.89. The van der Waals surface area contributed by atoms with Crippen molar-refractivity contribution in [2.45, 2.75) is 45.4 Å². The molecule has 0 saturated heterocycles. The molecule has 0 bridgehead atoms. The van der Waals surface area contributed by atoms with Crippen LogP contribution in [0.25, 0.3) is 0 Å². The molecule has 0 unspecified atom stereocenters. The van der Waals surface area contributed by atoms with E-state index in [9.17, 15) is 0 Å². The number of unbranched alkanes of at least 4 members (excludes halogenated alkanes) is 3. The zero-order valence-corrected chi connectivity index (χ0v) is 11.2. The number of ether oxygens (including phenoxy) is 2. The minimum absolute atomic E-state index is 0.426. The molecule has 0 heterocycles. The molecule has 0 aliphatic heterocycles. The van der Waals surface area contributed by atoms with E-state index in [0.717, 1.165) is 32.5 Å². The Kier molecular flexibility index (Phi) is 14.9. The van der Waals surface area contributed by atoms with Crippen LogP contribution in [0, 0.1) is 0 Å². The first-order valence-electron chi connectivity index (χ1n) is 6.28. The van der Waals surface area contributed by atoms with Gasteiger partial charge in [0.1, 0.15) is 6.79 Å². The maximum atomic E-state index is 5.53. The van der Waals surface area contributed by atoms with Gasteiger partial charge in [-0.2, -0.15) is 0 Å². The van der Waals surface area contributed by atoms with Crippen LogP contribution >= 0.6 is 11.6 Å². The van der Waals surface area contributed by atoms with Crippen LogP contribution in [0.2, 0.25) is 0 Å². The molecule has 0 atom stereocenters. The van der Waals surface area contributed by atoms with Gasteiger partial charge in [0, 0.05) is 12.5 Å². The lowest BCUT2D eigenvalue weighted by atomic mass is 10.2. The van der Waals surface area contributed by atoms with Crippen LogP contribution in [0.4, 0.5) is 0 Å². The highest BCUT2D eigenvalue weighted by molar-refractivity contribution is 6.17. The molecule has 3 heteroatoms. The first-order chi connectivity index (χ1) is 7.91. The maximum Gasteiger partial charge on any atom is 0.146 e. The zero-order valence-electron chi connectivity index (χ0n) is 10.4. The van der Waals surface area contributed by atoms with Gasteiger partial charge in [0.05, 0.1) is 6.61 Å². The van der Waals surface area contributed by atoms with Gasteiger partial charge in [0.15, 0.2) is 0 Å². The SMILES string of the molecule is CCCCCCOCOCCC=CCCCl. The van der Waals surface area contributed by atoms with E-state index in [1.807, 2.05) is 0 Å². The van der Waals surface area contributed by atoms with Gasteiger partial charge in [-0.3, -0.25) is 0 Å². The van der Waals surface area contributed by atoms with Crippen LogP contribution in [0.1, 0.15) is 45.4 Å². The molecule has 0 saturated carbocycles. The number of hydrogen-bond acceptors (Lipinski definition) is 2. The average molecular weight is 249 g/mol. The highest BCUT2D eigenvalue weighted by atomic mass is 35.5. The van der Waals surface area contributed by atoms with Crippen LogP contribution in [0.3, 0.4) is 0 Å². The van der Waals surface area contributed by atoms with Crippen molar-refractivity contribution in [1.82, 2.24) is 0 Å². The van der Waals surface area contributed by atoms with Crippen molar-refractivity contribution < 1.29 is 9.47 Å². The van der Waals surface area contributed by atoms with Gasteiger partial charge in [0.25, 0.3) is 0 Å². The number of allylic oxidation sites excluding steroid dienone is 1. The summed E-state index contributed by atoms with van der Waals surface area (Å²) in [5.74, 6) is 0.693. The second-order valence-electron chi connectivity index (χ2n) is 3.73. The van der Waals surface area contributed by atoms with E-state index in [1.54, 1.807) is 0 Å². The van der Waals surface area contributed by atoms with Gasteiger partial charge in [-0.1, -0.05) is 38.3 Å². The Hall–Kier alpha value is -0.0500. The molecule has 0 aromatic heterocycles. The molecule has 0 aliphatic rings. The van der Waals surface area contributed by atoms with Crippen molar-refractivity contribution in [3.63, 3.8) is 0 Å². The predicted octanol–water partition coefficient (Wildman–Crippen LogP) is 4.13. The molecule has 16 heavy (non-hydrogen) atoms. The topological polar surface area (TPSA) is 18.5 Å². The van der Waals surface area contributed by atoms with Crippen molar-refractivity contribution in [3.05, 3.63) is 12.2 Å².